The first kappa shape index (κ1) is 16.9. The molecule has 0 aliphatic heterocycles. The summed E-state index contributed by atoms with van der Waals surface area (Å²) in [5.41, 5.74) is -0.0301. The Kier molecular flexibility index (Phi) is 7.59. The average molecular weight is 259 g/mol. The molecular weight excluding hydrogens is 234 g/mol. The van der Waals surface area contributed by atoms with Gasteiger partial charge in [0.2, 0.25) is 5.91 Å². The lowest BCUT2D eigenvalue weighted by molar-refractivity contribution is -0.138. The monoisotopic (exact) mass is 259 g/mol. The standard InChI is InChI=1S/C13H25NO4/c1-5-6-18-9-11(15)14-10(7-12(16)17)8-13(2,3)4/h10H,5-9H2,1-4H3,(H,14,15)(H,16,17). The van der Waals surface area contributed by atoms with Crippen LogP contribution < -0.4 is 5.32 Å². The van der Waals surface area contributed by atoms with Crippen LogP contribution in [0.3, 0.4) is 0 Å². The molecule has 0 bridgehead atoms. The highest BCUT2D eigenvalue weighted by molar-refractivity contribution is 5.78. The molecule has 0 radical (unpaired) electrons. The van der Waals surface area contributed by atoms with Gasteiger partial charge in [-0.1, -0.05) is 27.7 Å². The number of nitrogens with one attached hydrogen (secondary N) is 1. The summed E-state index contributed by atoms with van der Waals surface area (Å²) in [7, 11) is 0. The van der Waals surface area contributed by atoms with Crippen molar-refractivity contribution >= 4 is 11.9 Å². The van der Waals surface area contributed by atoms with E-state index in [1.165, 1.54) is 0 Å². The third-order valence-corrected chi connectivity index (χ3v) is 2.23. The van der Waals surface area contributed by atoms with E-state index in [4.69, 9.17) is 9.84 Å². The van der Waals surface area contributed by atoms with Gasteiger partial charge < -0.3 is 15.2 Å². The van der Waals surface area contributed by atoms with Crippen LogP contribution in [0.1, 0.15) is 47.0 Å². The van der Waals surface area contributed by atoms with Gasteiger partial charge in [0.25, 0.3) is 0 Å². The molecule has 1 unspecified atom stereocenters. The van der Waals surface area contributed by atoms with E-state index in [9.17, 15) is 9.59 Å². The molecule has 0 aromatic heterocycles. The third-order valence-electron chi connectivity index (χ3n) is 2.23. The zero-order valence-corrected chi connectivity index (χ0v) is 11.8. The number of hydrogen-bond donors (Lipinski definition) is 2. The first-order valence-corrected chi connectivity index (χ1v) is 6.33. The molecule has 0 aliphatic carbocycles. The van der Waals surface area contributed by atoms with Gasteiger partial charge in [-0.05, 0) is 18.3 Å². The number of carbonyl (C=O) groups is 2. The average Bonchev–Trinajstić information content (AvgIpc) is 2.13. The maximum absolute atomic E-state index is 11.6. The summed E-state index contributed by atoms with van der Waals surface area (Å²) in [6.07, 6.45) is 1.42. The number of ether oxygens (including phenoxy) is 1. The van der Waals surface area contributed by atoms with Gasteiger partial charge in [-0.25, -0.2) is 0 Å². The molecule has 0 saturated carbocycles. The molecule has 0 rings (SSSR count). The number of rotatable bonds is 8. The fourth-order valence-corrected chi connectivity index (χ4v) is 1.70. The van der Waals surface area contributed by atoms with Crippen molar-refractivity contribution in [2.75, 3.05) is 13.2 Å². The molecule has 18 heavy (non-hydrogen) atoms. The Balaban J connectivity index is 4.22. The Hall–Kier alpha value is -1.10. The van der Waals surface area contributed by atoms with Crippen LogP contribution in [0.4, 0.5) is 0 Å². The van der Waals surface area contributed by atoms with Crippen molar-refractivity contribution in [1.29, 1.82) is 0 Å². The molecule has 0 fully saturated rings. The Bertz CT molecular complexity index is 271. The summed E-state index contributed by atoms with van der Waals surface area (Å²) in [6, 6.07) is -0.347. The second kappa shape index (κ2) is 8.08. The SMILES string of the molecule is CCCOCC(=O)NC(CC(=O)O)CC(C)(C)C. The van der Waals surface area contributed by atoms with Gasteiger partial charge in [0.1, 0.15) is 6.61 Å². The minimum Gasteiger partial charge on any atom is -0.481 e. The van der Waals surface area contributed by atoms with E-state index in [-0.39, 0.29) is 30.4 Å². The summed E-state index contributed by atoms with van der Waals surface area (Å²) in [5.74, 6) is -1.15. The second-order valence-electron chi connectivity index (χ2n) is 5.68. The quantitative estimate of drug-likeness (QED) is 0.652. The van der Waals surface area contributed by atoms with Crippen molar-refractivity contribution in [2.45, 2.75) is 53.0 Å². The molecule has 0 aromatic carbocycles. The first-order chi connectivity index (χ1) is 8.24. The minimum atomic E-state index is -0.904. The summed E-state index contributed by atoms with van der Waals surface area (Å²) >= 11 is 0. The van der Waals surface area contributed by atoms with Crippen molar-refractivity contribution in [1.82, 2.24) is 5.32 Å². The zero-order valence-electron chi connectivity index (χ0n) is 11.8. The molecule has 0 saturated heterocycles. The van der Waals surface area contributed by atoms with Crippen LogP contribution in [-0.2, 0) is 14.3 Å². The molecular formula is C13H25NO4. The summed E-state index contributed by atoms with van der Waals surface area (Å²) in [4.78, 5) is 22.3. The minimum absolute atomic E-state index is 0.00585. The Labute approximate surface area is 109 Å². The summed E-state index contributed by atoms with van der Waals surface area (Å²) in [5, 5.41) is 11.5. The van der Waals surface area contributed by atoms with E-state index in [2.05, 4.69) is 5.32 Å². The predicted molar refractivity (Wildman–Crippen MR) is 69.4 cm³/mol. The first-order valence-electron chi connectivity index (χ1n) is 6.33. The van der Waals surface area contributed by atoms with E-state index in [0.29, 0.717) is 13.0 Å². The highest BCUT2D eigenvalue weighted by Crippen LogP contribution is 2.22. The molecule has 0 heterocycles. The van der Waals surface area contributed by atoms with Crippen LogP contribution in [0.15, 0.2) is 0 Å². The van der Waals surface area contributed by atoms with Gasteiger partial charge in [0.05, 0.1) is 6.42 Å². The Morgan fingerprint density at radius 2 is 1.94 bits per heavy atom. The van der Waals surface area contributed by atoms with Gasteiger partial charge >= 0.3 is 5.97 Å². The number of carbonyl (C=O) groups excluding carboxylic acids is 1. The van der Waals surface area contributed by atoms with E-state index in [0.717, 1.165) is 6.42 Å². The highest BCUT2D eigenvalue weighted by atomic mass is 16.5. The Morgan fingerprint density at radius 3 is 2.39 bits per heavy atom. The third kappa shape index (κ3) is 10.1. The molecule has 1 atom stereocenters. The van der Waals surface area contributed by atoms with Crippen molar-refractivity contribution < 1.29 is 19.4 Å². The summed E-state index contributed by atoms with van der Waals surface area (Å²) < 4.78 is 5.12. The molecule has 1 amide bonds. The molecule has 5 heteroatoms. The molecule has 0 spiro atoms. The lowest BCUT2D eigenvalue weighted by atomic mass is 9.87. The number of amides is 1. The maximum Gasteiger partial charge on any atom is 0.305 e. The van der Waals surface area contributed by atoms with Gasteiger partial charge in [0.15, 0.2) is 0 Å². The van der Waals surface area contributed by atoms with Gasteiger partial charge in [0, 0.05) is 12.6 Å². The number of hydrogen-bond acceptors (Lipinski definition) is 3. The number of carboxylic acids is 1. The van der Waals surface area contributed by atoms with Crippen molar-refractivity contribution in [2.24, 2.45) is 5.41 Å². The van der Waals surface area contributed by atoms with Crippen molar-refractivity contribution in [3.8, 4) is 0 Å². The normalized spacial score (nSPS) is 13.1. The topological polar surface area (TPSA) is 75.6 Å². The van der Waals surface area contributed by atoms with Crippen LogP contribution in [-0.4, -0.2) is 36.2 Å². The van der Waals surface area contributed by atoms with Crippen LogP contribution in [0.2, 0.25) is 0 Å². The zero-order chi connectivity index (χ0) is 14.2. The van der Waals surface area contributed by atoms with E-state index in [1.54, 1.807) is 0 Å². The van der Waals surface area contributed by atoms with Crippen LogP contribution in [0, 0.1) is 5.41 Å². The number of carboxylic acid groups (broad SMARTS) is 1. The van der Waals surface area contributed by atoms with Crippen molar-refractivity contribution in [3.63, 3.8) is 0 Å². The molecule has 0 aliphatic rings. The van der Waals surface area contributed by atoms with Crippen molar-refractivity contribution in [3.05, 3.63) is 0 Å². The lowest BCUT2D eigenvalue weighted by Gasteiger charge is -2.25. The lowest BCUT2D eigenvalue weighted by Crippen LogP contribution is -2.40. The van der Waals surface area contributed by atoms with Gasteiger partial charge in [-0.3, -0.25) is 9.59 Å². The fourth-order valence-electron chi connectivity index (χ4n) is 1.70. The van der Waals surface area contributed by atoms with Crippen LogP contribution >= 0.6 is 0 Å². The van der Waals surface area contributed by atoms with Gasteiger partial charge in [-0.2, -0.15) is 0 Å². The van der Waals surface area contributed by atoms with E-state index in [1.807, 2.05) is 27.7 Å². The van der Waals surface area contributed by atoms with Crippen LogP contribution in [0.5, 0.6) is 0 Å². The molecule has 0 aromatic rings. The van der Waals surface area contributed by atoms with E-state index >= 15 is 0 Å². The smallest absolute Gasteiger partial charge is 0.305 e. The maximum atomic E-state index is 11.6. The van der Waals surface area contributed by atoms with Gasteiger partial charge in [-0.15, -0.1) is 0 Å². The predicted octanol–water partition coefficient (Wildman–Crippen LogP) is 1.81. The number of aliphatic carboxylic acids is 1. The van der Waals surface area contributed by atoms with Crippen LogP contribution in [0.25, 0.3) is 0 Å². The fraction of sp³-hybridized carbons (Fsp3) is 0.846. The Morgan fingerprint density at radius 1 is 1.33 bits per heavy atom. The van der Waals surface area contributed by atoms with E-state index < -0.39 is 5.97 Å². The second-order valence-corrected chi connectivity index (χ2v) is 5.68. The molecule has 106 valence electrons. The molecule has 5 nitrogen and oxygen atoms in total. The molecule has 2 N–H and O–H groups in total. The highest BCUT2D eigenvalue weighted by Gasteiger charge is 2.22. The largest absolute Gasteiger partial charge is 0.481 e. The summed E-state index contributed by atoms with van der Waals surface area (Å²) in [6.45, 7) is 8.54.